The predicted molar refractivity (Wildman–Crippen MR) is 70.9 cm³/mol. The molecule has 2 N–H and O–H groups in total. The second-order valence-electron chi connectivity index (χ2n) is 4.37. The molecule has 0 saturated heterocycles. The van der Waals surface area contributed by atoms with E-state index in [-0.39, 0.29) is 6.04 Å². The maximum absolute atomic E-state index is 13.9. The molecule has 4 heteroatoms. The van der Waals surface area contributed by atoms with Crippen LogP contribution in [-0.2, 0) is 0 Å². The number of nitrogens with two attached hydrogens (primary N) is 1. The van der Waals surface area contributed by atoms with Gasteiger partial charge in [0.2, 0.25) is 0 Å². The van der Waals surface area contributed by atoms with Crippen LogP contribution in [0.15, 0.2) is 36.4 Å². The quantitative estimate of drug-likeness (QED) is 0.917. The molecule has 0 bridgehead atoms. The third-order valence-corrected chi connectivity index (χ3v) is 2.96. The van der Waals surface area contributed by atoms with Crippen LogP contribution in [0.4, 0.5) is 8.78 Å². The first kappa shape index (κ1) is 13.5. The summed E-state index contributed by atoms with van der Waals surface area (Å²) in [4.78, 5) is 0. The smallest absolute Gasteiger partial charge is 0.128 e. The van der Waals surface area contributed by atoms with Gasteiger partial charge < -0.3 is 10.5 Å². The molecule has 2 nitrogen and oxygen atoms in total. The molecular weight excluding hydrogens is 248 g/mol. The van der Waals surface area contributed by atoms with Gasteiger partial charge in [0.25, 0.3) is 0 Å². The first-order valence-electron chi connectivity index (χ1n) is 5.92. The minimum atomic E-state index is -0.404. The van der Waals surface area contributed by atoms with E-state index in [4.69, 9.17) is 10.5 Å². The number of hydrogen-bond acceptors (Lipinski definition) is 2. The van der Waals surface area contributed by atoms with Gasteiger partial charge in [-0.1, -0.05) is 12.1 Å². The van der Waals surface area contributed by atoms with Crippen LogP contribution in [0.1, 0.15) is 18.5 Å². The fourth-order valence-electron chi connectivity index (χ4n) is 1.97. The Kier molecular flexibility index (Phi) is 3.81. The highest BCUT2D eigenvalue weighted by atomic mass is 19.1. The molecule has 0 amide bonds. The van der Waals surface area contributed by atoms with Crippen molar-refractivity contribution in [3.63, 3.8) is 0 Å². The maximum atomic E-state index is 13.9. The van der Waals surface area contributed by atoms with Crippen molar-refractivity contribution in [2.45, 2.75) is 13.0 Å². The zero-order valence-electron chi connectivity index (χ0n) is 10.8. The van der Waals surface area contributed by atoms with Gasteiger partial charge in [0.1, 0.15) is 17.4 Å². The molecule has 2 aromatic carbocycles. The molecule has 0 fully saturated rings. The molecule has 0 aromatic heterocycles. The monoisotopic (exact) mass is 263 g/mol. The summed E-state index contributed by atoms with van der Waals surface area (Å²) in [5.74, 6) is -0.305. The van der Waals surface area contributed by atoms with Crippen molar-refractivity contribution in [1.82, 2.24) is 0 Å². The second kappa shape index (κ2) is 5.36. The van der Waals surface area contributed by atoms with Gasteiger partial charge in [-0.3, -0.25) is 0 Å². The maximum Gasteiger partial charge on any atom is 0.128 e. The highest BCUT2D eigenvalue weighted by Gasteiger charge is 2.12. The summed E-state index contributed by atoms with van der Waals surface area (Å²) < 4.78 is 32.4. The van der Waals surface area contributed by atoms with Crippen molar-refractivity contribution >= 4 is 0 Å². The molecule has 0 aliphatic rings. The van der Waals surface area contributed by atoms with Crippen LogP contribution in [0.2, 0.25) is 0 Å². The average molecular weight is 263 g/mol. The standard InChI is InChI=1S/C15H15F2NO/c1-9(18)12-5-3-10(7-14(12)17)13-8-11(16)4-6-15(13)19-2/h3-9H,18H2,1-2H3. The summed E-state index contributed by atoms with van der Waals surface area (Å²) in [7, 11) is 1.49. The van der Waals surface area contributed by atoms with Gasteiger partial charge in [0, 0.05) is 17.2 Å². The normalized spacial score (nSPS) is 12.3. The van der Waals surface area contributed by atoms with Crippen molar-refractivity contribution in [3.8, 4) is 16.9 Å². The Morgan fingerprint density at radius 1 is 1.11 bits per heavy atom. The number of methoxy groups -OCH3 is 1. The van der Waals surface area contributed by atoms with Crippen LogP contribution in [0.3, 0.4) is 0 Å². The van der Waals surface area contributed by atoms with E-state index in [1.807, 2.05) is 0 Å². The number of halogens is 2. The molecule has 2 rings (SSSR count). The summed E-state index contributed by atoms with van der Waals surface area (Å²) in [6.07, 6.45) is 0. The van der Waals surface area contributed by atoms with E-state index >= 15 is 0 Å². The second-order valence-corrected chi connectivity index (χ2v) is 4.37. The zero-order chi connectivity index (χ0) is 14.0. The van der Waals surface area contributed by atoms with E-state index in [0.717, 1.165) is 0 Å². The highest BCUT2D eigenvalue weighted by Crippen LogP contribution is 2.32. The molecule has 0 heterocycles. The molecule has 0 aliphatic carbocycles. The van der Waals surface area contributed by atoms with Gasteiger partial charge in [-0.05, 0) is 36.8 Å². The van der Waals surface area contributed by atoms with Crippen LogP contribution >= 0.6 is 0 Å². The molecule has 100 valence electrons. The highest BCUT2D eigenvalue weighted by molar-refractivity contribution is 5.70. The van der Waals surface area contributed by atoms with Crippen LogP contribution in [0.5, 0.6) is 5.75 Å². The van der Waals surface area contributed by atoms with E-state index < -0.39 is 11.6 Å². The minimum absolute atomic E-state index is 0.386. The lowest BCUT2D eigenvalue weighted by molar-refractivity contribution is 0.415. The summed E-state index contributed by atoms with van der Waals surface area (Å²) >= 11 is 0. The Labute approximate surface area is 110 Å². The number of hydrogen-bond donors (Lipinski definition) is 1. The predicted octanol–water partition coefficient (Wildman–Crippen LogP) is 3.66. The molecule has 0 radical (unpaired) electrons. The Hall–Kier alpha value is -1.94. The molecule has 0 aliphatic heterocycles. The van der Waals surface area contributed by atoms with Gasteiger partial charge in [-0.25, -0.2) is 8.78 Å². The Morgan fingerprint density at radius 3 is 2.42 bits per heavy atom. The molecular formula is C15H15F2NO. The van der Waals surface area contributed by atoms with E-state index in [1.54, 1.807) is 19.1 Å². The fraction of sp³-hybridized carbons (Fsp3) is 0.200. The van der Waals surface area contributed by atoms with Gasteiger partial charge >= 0.3 is 0 Å². The number of ether oxygens (including phenoxy) is 1. The molecule has 1 atom stereocenters. The lowest BCUT2D eigenvalue weighted by atomic mass is 10.00. The van der Waals surface area contributed by atoms with E-state index in [2.05, 4.69) is 0 Å². The molecule has 0 spiro atoms. The average Bonchev–Trinajstić information content (AvgIpc) is 2.38. The lowest BCUT2D eigenvalue weighted by Gasteiger charge is -2.12. The van der Waals surface area contributed by atoms with E-state index in [1.165, 1.54) is 31.4 Å². The van der Waals surface area contributed by atoms with Crippen LogP contribution < -0.4 is 10.5 Å². The first-order valence-corrected chi connectivity index (χ1v) is 5.92. The third-order valence-electron chi connectivity index (χ3n) is 2.96. The Morgan fingerprint density at radius 2 is 1.84 bits per heavy atom. The topological polar surface area (TPSA) is 35.2 Å². The summed E-state index contributed by atoms with van der Waals surface area (Å²) in [5.41, 5.74) is 7.15. The van der Waals surface area contributed by atoms with E-state index in [0.29, 0.717) is 22.4 Å². The molecule has 1 unspecified atom stereocenters. The molecule has 19 heavy (non-hydrogen) atoms. The SMILES string of the molecule is COc1ccc(F)cc1-c1ccc(C(C)N)c(F)c1. The number of rotatable bonds is 3. The van der Waals surface area contributed by atoms with Crippen molar-refractivity contribution in [1.29, 1.82) is 0 Å². The van der Waals surface area contributed by atoms with Crippen molar-refractivity contribution in [3.05, 3.63) is 53.6 Å². The molecule has 0 saturated carbocycles. The van der Waals surface area contributed by atoms with Gasteiger partial charge in [-0.2, -0.15) is 0 Å². The van der Waals surface area contributed by atoms with Crippen molar-refractivity contribution < 1.29 is 13.5 Å². The zero-order valence-corrected chi connectivity index (χ0v) is 10.8. The minimum Gasteiger partial charge on any atom is -0.496 e. The summed E-state index contributed by atoms with van der Waals surface area (Å²) in [5, 5.41) is 0. The van der Waals surface area contributed by atoms with Gasteiger partial charge in [0.15, 0.2) is 0 Å². The lowest BCUT2D eigenvalue weighted by Crippen LogP contribution is -2.07. The Balaban J connectivity index is 2.53. The van der Waals surface area contributed by atoms with Crippen LogP contribution in [-0.4, -0.2) is 7.11 Å². The molecule has 2 aromatic rings. The van der Waals surface area contributed by atoms with Crippen molar-refractivity contribution in [2.75, 3.05) is 7.11 Å². The third kappa shape index (κ3) is 2.74. The van der Waals surface area contributed by atoms with Crippen molar-refractivity contribution in [2.24, 2.45) is 5.73 Å². The van der Waals surface area contributed by atoms with E-state index in [9.17, 15) is 8.78 Å². The summed E-state index contributed by atoms with van der Waals surface area (Å²) in [6.45, 7) is 1.71. The number of benzene rings is 2. The van der Waals surface area contributed by atoms with Crippen LogP contribution in [0, 0.1) is 11.6 Å². The van der Waals surface area contributed by atoms with Gasteiger partial charge in [-0.15, -0.1) is 0 Å². The van der Waals surface area contributed by atoms with Gasteiger partial charge in [0.05, 0.1) is 7.11 Å². The summed E-state index contributed by atoms with van der Waals surface area (Å²) in [6, 6.07) is 8.41. The fourth-order valence-corrected chi connectivity index (χ4v) is 1.97. The Bertz CT molecular complexity index is 597. The first-order chi connectivity index (χ1) is 9.02. The largest absolute Gasteiger partial charge is 0.496 e. The van der Waals surface area contributed by atoms with Crippen LogP contribution in [0.25, 0.3) is 11.1 Å².